The maximum absolute atomic E-state index is 11.2. The Morgan fingerprint density at radius 2 is 2.32 bits per heavy atom. The smallest absolute Gasteiger partial charge is 0.374 e. The van der Waals surface area contributed by atoms with E-state index in [9.17, 15) is 14.9 Å². The number of aromatic nitrogens is 2. The molecule has 0 fully saturated rings. The highest BCUT2D eigenvalue weighted by molar-refractivity contribution is 5.80. The predicted molar refractivity (Wildman–Crippen MR) is 65.9 cm³/mol. The minimum absolute atomic E-state index is 0.0878. The van der Waals surface area contributed by atoms with Gasteiger partial charge < -0.3 is 10.1 Å². The highest BCUT2D eigenvalue weighted by Crippen LogP contribution is 2.20. The molecule has 2 rings (SSSR count). The van der Waals surface area contributed by atoms with Gasteiger partial charge in [0.2, 0.25) is 0 Å². The van der Waals surface area contributed by atoms with Crippen LogP contribution in [0.5, 0.6) is 6.01 Å². The summed E-state index contributed by atoms with van der Waals surface area (Å²) < 4.78 is 4.82. The number of fused-ring (bicyclic) bond motifs is 1. The van der Waals surface area contributed by atoms with E-state index >= 15 is 0 Å². The molecule has 0 aliphatic heterocycles. The standard InChI is InChI=1S/C11H10N4O4/c1-2-12-11(16)19-10-13-6-7-3-4-8(15(17)18)5-9(7)14-10/h3-6H,2H2,1H3,(H,12,16). The zero-order chi connectivity index (χ0) is 13.8. The van der Waals surface area contributed by atoms with Gasteiger partial charge in [-0.3, -0.25) is 10.1 Å². The molecule has 98 valence electrons. The lowest BCUT2D eigenvalue weighted by Crippen LogP contribution is -2.26. The van der Waals surface area contributed by atoms with Gasteiger partial charge in [-0.05, 0) is 13.0 Å². The van der Waals surface area contributed by atoms with Crippen LogP contribution in [0.1, 0.15) is 6.92 Å². The van der Waals surface area contributed by atoms with E-state index in [1.807, 2.05) is 0 Å². The van der Waals surface area contributed by atoms with E-state index in [4.69, 9.17) is 4.74 Å². The summed E-state index contributed by atoms with van der Waals surface area (Å²) in [7, 11) is 0. The van der Waals surface area contributed by atoms with E-state index in [2.05, 4.69) is 15.3 Å². The summed E-state index contributed by atoms with van der Waals surface area (Å²) in [6.07, 6.45) is 0.757. The zero-order valence-electron chi connectivity index (χ0n) is 9.99. The van der Waals surface area contributed by atoms with Crippen LogP contribution in [0.4, 0.5) is 10.5 Å². The van der Waals surface area contributed by atoms with Crippen molar-refractivity contribution in [2.45, 2.75) is 6.92 Å². The number of carbonyl (C=O) groups is 1. The summed E-state index contributed by atoms with van der Waals surface area (Å²) in [5, 5.41) is 13.7. The fourth-order valence-corrected chi connectivity index (χ4v) is 1.42. The molecular weight excluding hydrogens is 252 g/mol. The SMILES string of the molecule is CCNC(=O)Oc1ncc2ccc([N+](=O)[O-])cc2n1. The van der Waals surface area contributed by atoms with Crippen molar-refractivity contribution in [3.63, 3.8) is 0 Å². The van der Waals surface area contributed by atoms with Crippen LogP contribution in [0.25, 0.3) is 10.9 Å². The van der Waals surface area contributed by atoms with Gasteiger partial charge in [0, 0.05) is 30.3 Å². The van der Waals surface area contributed by atoms with E-state index in [-0.39, 0.29) is 11.7 Å². The molecule has 0 radical (unpaired) electrons. The summed E-state index contributed by atoms with van der Waals surface area (Å²) in [6, 6.07) is 4.03. The molecule has 0 spiro atoms. The highest BCUT2D eigenvalue weighted by Gasteiger charge is 2.10. The molecule has 0 unspecified atom stereocenters. The number of nitro benzene ring substituents is 1. The third-order valence-corrected chi connectivity index (χ3v) is 2.26. The monoisotopic (exact) mass is 262 g/mol. The van der Waals surface area contributed by atoms with Gasteiger partial charge in [-0.2, -0.15) is 4.98 Å². The first-order valence-corrected chi connectivity index (χ1v) is 5.47. The molecule has 1 amide bonds. The highest BCUT2D eigenvalue weighted by atomic mass is 16.6. The van der Waals surface area contributed by atoms with Crippen molar-refractivity contribution in [2.24, 2.45) is 0 Å². The van der Waals surface area contributed by atoms with Crippen molar-refractivity contribution in [1.29, 1.82) is 0 Å². The predicted octanol–water partition coefficient (Wildman–Crippen LogP) is 1.65. The second kappa shape index (κ2) is 5.25. The lowest BCUT2D eigenvalue weighted by molar-refractivity contribution is -0.384. The Hall–Kier alpha value is -2.77. The molecule has 0 aliphatic rings. The van der Waals surface area contributed by atoms with Crippen LogP contribution in [-0.2, 0) is 0 Å². The van der Waals surface area contributed by atoms with Gasteiger partial charge >= 0.3 is 12.1 Å². The molecule has 1 aromatic carbocycles. The van der Waals surface area contributed by atoms with Crippen LogP contribution >= 0.6 is 0 Å². The molecule has 0 saturated carbocycles. The second-order valence-electron chi connectivity index (χ2n) is 3.57. The van der Waals surface area contributed by atoms with Gasteiger partial charge in [0.25, 0.3) is 5.69 Å². The summed E-state index contributed by atoms with van der Waals surface area (Å²) in [4.78, 5) is 29.1. The molecule has 1 aromatic heterocycles. The molecule has 0 bridgehead atoms. The molecule has 19 heavy (non-hydrogen) atoms. The number of non-ortho nitro benzene ring substituents is 1. The molecule has 0 saturated heterocycles. The third-order valence-electron chi connectivity index (χ3n) is 2.26. The third kappa shape index (κ3) is 2.92. The van der Waals surface area contributed by atoms with E-state index in [0.717, 1.165) is 0 Å². The van der Waals surface area contributed by atoms with Crippen LogP contribution in [0.15, 0.2) is 24.4 Å². The van der Waals surface area contributed by atoms with Crippen LogP contribution in [0.3, 0.4) is 0 Å². The van der Waals surface area contributed by atoms with Gasteiger partial charge in [-0.1, -0.05) is 0 Å². The lowest BCUT2D eigenvalue weighted by Gasteiger charge is -2.03. The minimum atomic E-state index is -0.674. The van der Waals surface area contributed by atoms with Gasteiger partial charge in [0.15, 0.2) is 0 Å². The Morgan fingerprint density at radius 3 is 3.00 bits per heavy atom. The number of amides is 1. The van der Waals surface area contributed by atoms with E-state index in [0.29, 0.717) is 17.4 Å². The molecule has 2 aromatic rings. The lowest BCUT2D eigenvalue weighted by atomic mass is 10.2. The van der Waals surface area contributed by atoms with Crippen molar-refractivity contribution in [1.82, 2.24) is 15.3 Å². The van der Waals surface area contributed by atoms with Crippen molar-refractivity contribution < 1.29 is 14.5 Å². The average Bonchev–Trinajstić information content (AvgIpc) is 2.38. The number of hydrogen-bond acceptors (Lipinski definition) is 6. The number of carbonyl (C=O) groups excluding carboxylic acids is 1. The number of rotatable bonds is 3. The number of ether oxygens (including phenoxy) is 1. The average molecular weight is 262 g/mol. The molecule has 0 atom stereocenters. The molecular formula is C11H10N4O4. The van der Waals surface area contributed by atoms with Crippen LogP contribution in [0, 0.1) is 10.1 Å². The maximum atomic E-state index is 11.2. The quantitative estimate of drug-likeness (QED) is 0.665. The second-order valence-corrected chi connectivity index (χ2v) is 3.57. The van der Waals surface area contributed by atoms with Crippen molar-refractivity contribution in [3.05, 3.63) is 34.5 Å². The number of nitrogens with zero attached hydrogens (tertiary/aromatic N) is 3. The summed E-state index contributed by atoms with van der Waals surface area (Å²) in [5.74, 6) is 0. The first-order chi connectivity index (χ1) is 9.10. The largest absolute Gasteiger partial charge is 0.415 e. The van der Waals surface area contributed by atoms with Gasteiger partial charge in [0.05, 0.1) is 10.4 Å². The fourth-order valence-electron chi connectivity index (χ4n) is 1.42. The van der Waals surface area contributed by atoms with Crippen molar-refractivity contribution >= 4 is 22.7 Å². The summed E-state index contributed by atoms with van der Waals surface area (Å²) in [5.41, 5.74) is 0.249. The molecule has 8 nitrogen and oxygen atoms in total. The van der Waals surface area contributed by atoms with Crippen molar-refractivity contribution in [3.8, 4) is 6.01 Å². The maximum Gasteiger partial charge on any atom is 0.415 e. The van der Waals surface area contributed by atoms with Crippen LogP contribution in [0.2, 0.25) is 0 Å². The van der Waals surface area contributed by atoms with Crippen LogP contribution in [-0.4, -0.2) is 27.5 Å². The summed E-state index contributed by atoms with van der Waals surface area (Å²) >= 11 is 0. The Labute approximate surface area is 107 Å². The van der Waals surface area contributed by atoms with E-state index in [1.165, 1.54) is 24.4 Å². The molecule has 1 heterocycles. The zero-order valence-corrected chi connectivity index (χ0v) is 9.99. The number of hydrogen-bond donors (Lipinski definition) is 1. The Balaban J connectivity index is 2.32. The summed E-state index contributed by atoms with van der Waals surface area (Å²) in [6.45, 7) is 2.16. The molecule has 1 N–H and O–H groups in total. The van der Waals surface area contributed by atoms with Gasteiger partial charge in [-0.15, -0.1) is 0 Å². The Morgan fingerprint density at radius 1 is 1.53 bits per heavy atom. The number of nitrogens with one attached hydrogen (secondary N) is 1. The van der Waals surface area contributed by atoms with Gasteiger partial charge in [0.1, 0.15) is 0 Å². The van der Waals surface area contributed by atoms with Crippen molar-refractivity contribution in [2.75, 3.05) is 6.54 Å². The number of nitro groups is 1. The fraction of sp³-hybridized carbons (Fsp3) is 0.182. The normalized spacial score (nSPS) is 10.2. The van der Waals surface area contributed by atoms with Crippen LogP contribution < -0.4 is 10.1 Å². The van der Waals surface area contributed by atoms with Gasteiger partial charge in [-0.25, -0.2) is 9.78 Å². The first-order valence-electron chi connectivity index (χ1n) is 5.47. The number of benzene rings is 1. The Kier molecular flexibility index (Phi) is 3.51. The molecule has 0 aliphatic carbocycles. The van der Waals surface area contributed by atoms with E-state index < -0.39 is 11.0 Å². The Bertz CT molecular complexity index is 644. The topological polar surface area (TPSA) is 107 Å². The minimum Gasteiger partial charge on any atom is -0.374 e. The van der Waals surface area contributed by atoms with E-state index in [1.54, 1.807) is 6.92 Å². The molecule has 8 heteroatoms. The first kappa shape index (κ1) is 12.7.